The minimum atomic E-state index is -0.512. The minimum absolute atomic E-state index is 0.00292. The largest absolute Gasteiger partial charge is 0.392 e. The SMILES string of the molecule is C=Cn1c([N+](=O)[O-])cnc1C=Cc1ccc(CO)cc1. The van der Waals surface area contributed by atoms with Gasteiger partial charge >= 0.3 is 5.82 Å². The molecule has 0 fully saturated rings. The highest BCUT2D eigenvalue weighted by Gasteiger charge is 2.15. The van der Waals surface area contributed by atoms with Crippen LogP contribution >= 0.6 is 0 Å². The van der Waals surface area contributed by atoms with Crippen molar-refractivity contribution < 1.29 is 10.0 Å². The maximum atomic E-state index is 10.8. The number of rotatable bonds is 5. The maximum absolute atomic E-state index is 10.8. The molecular formula is C14H13N3O3. The van der Waals surface area contributed by atoms with Gasteiger partial charge in [0.2, 0.25) is 5.82 Å². The van der Waals surface area contributed by atoms with E-state index in [9.17, 15) is 10.1 Å². The van der Waals surface area contributed by atoms with Crippen LogP contribution in [0.2, 0.25) is 0 Å². The summed E-state index contributed by atoms with van der Waals surface area (Å²) in [6, 6.07) is 7.31. The molecule has 0 saturated heterocycles. The van der Waals surface area contributed by atoms with E-state index in [-0.39, 0.29) is 12.4 Å². The lowest BCUT2D eigenvalue weighted by Gasteiger charge is -1.97. The number of nitrogens with zero attached hydrogens (tertiary/aromatic N) is 3. The van der Waals surface area contributed by atoms with Gasteiger partial charge in [-0.25, -0.2) is 4.98 Å². The third-order valence-corrected chi connectivity index (χ3v) is 2.76. The van der Waals surface area contributed by atoms with Gasteiger partial charge in [0.05, 0.1) is 12.8 Å². The normalized spacial score (nSPS) is 10.8. The van der Waals surface area contributed by atoms with E-state index < -0.39 is 4.92 Å². The van der Waals surface area contributed by atoms with Gasteiger partial charge in [0.1, 0.15) is 6.20 Å². The first kappa shape index (κ1) is 13.7. The second-order valence-electron chi connectivity index (χ2n) is 4.02. The molecule has 6 nitrogen and oxygen atoms in total. The van der Waals surface area contributed by atoms with Gasteiger partial charge < -0.3 is 15.2 Å². The molecule has 20 heavy (non-hydrogen) atoms. The summed E-state index contributed by atoms with van der Waals surface area (Å²) in [4.78, 5) is 14.3. The summed E-state index contributed by atoms with van der Waals surface area (Å²) in [6.45, 7) is 3.54. The van der Waals surface area contributed by atoms with Crippen LogP contribution in [0.1, 0.15) is 17.0 Å². The molecule has 1 aromatic heterocycles. The quantitative estimate of drug-likeness (QED) is 0.669. The first-order valence-corrected chi connectivity index (χ1v) is 5.87. The fourth-order valence-electron chi connectivity index (χ4n) is 1.72. The molecule has 1 heterocycles. The summed E-state index contributed by atoms with van der Waals surface area (Å²) in [6.07, 6.45) is 5.99. The molecular weight excluding hydrogens is 258 g/mol. The van der Waals surface area contributed by atoms with E-state index in [1.165, 1.54) is 17.0 Å². The Kier molecular flexibility index (Phi) is 4.07. The van der Waals surface area contributed by atoms with Crippen LogP contribution in [0.25, 0.3) is 18.4 Å². The lowest BCUT2D eigenvalue weighted by atomic mass is 10.1. The van der Waals surface area contributed by atoms with Crippen molar-refractivity contribution in [1.82, 2.24) is 9.55 Å². The van der Waals surface area contributed by atoms with E-state index >= 15 is 0 Å². The smallest absolute Gasteiger partial charge is 0.347 e. The third kappa shape index (κ3) is 2.81. The van der Waals surface area contributed by atoms with Crippen molar-refractivity contribution in [3.63, 3.8) is 0 Å². The highest BCUT2D eigenvalue weighted by Crippen LogP contribution is 2.16. The zero-order valence-corrected chi connectivity index (χ0v) is 10.6. The molecule has 1 N–H and O–H groups in total. The molecule has 0 bridgehead atoms. The molecule has 2 rings (SSSR count). The standard InChI is InChI=1S/C14H13N3O3/c1-2-16-13(15-9-14(16)17(19)20)8-7-11-3-5-12(10-18)6-4-11/h2-9,18H,1,10H2. The Morgan fingerprint density at radius 1 is 1.35 bits per heavy atom. The Bertz CT molecular complexity index is 657. The summed E-state index contributed by atoms with van der Waals surface area (Å²) in [5.74, 6) is 0.299. The molecule has 2 aromatic rings. The van der Waals surface area contributed by atoms with Crippen LogP contribution in [0.15, 0.2) is 37.0 Å². The maximum Gasteiger partial charge on any atom is 0.347 e. The molecule has 0 unspecified atom stereocenters. The number of imidazole rings is 1. The number of aliphatic hydroxyl groups excluding tert-OH is 1. The summed E-state index contributed by atoms with van der Waals surface area (Å²) < 4.78 is 1.30. The summed E-state index contributed by atoms with van der Waals surface area (Å²) >= 11 is 0. The number of aliphatic hydroxyl groups is 1. The minimum Gasteiger partial charge on any atom is -0.392 e. The molecule has 0 amide bonds. The van der Waals surface area contributed by atoms with Gasteiger partial charge in [0.25, 0.3) is 0 Å². The second-order valence-corrected chi connectivity index (χ2v) is 4.02. The number of benzene rings is 1. The van der Waals surface area contributed by atoms with Crippen molar-refractivity contribution in [2.45, 2.75) is 6.61 Å². The van der Waals surface area contributed by atoms with Crippen LogP contribution in [-0.4, -0.2) is 19.6 Å². The number of aromatic nitrogens is 2. The summed E-state index contributed by atoms with van der Waals surface area (Å²) in [5.41, 5.74) is 1.73. The molecule has 6 heteroatoms. The molecule has 0 spiro atoms. The van der Waals surface area contributed by atoms with E-state index in [0.29, 0.717) is 5.82 Å². The first-order chi connectivity index (χ1) is 9.65. The highest BCUT2D eigenvalue weighted by molar-refractivity contribution is 5.68. The predicted molar refractivity (Wildman–Crippen MR) is 76.6 cm³/mol. The van der Waals surface area contributed by atoms with E-state index in [4.69, 9.17) is 5.11 Å². The zero-order valence-electron chi connectivity index (χ0n) is 10.6. The van der Waals surface area contributed by atoms with E-state index in [0.717, 1.165) is 11.1 Å². The average Bonchev–Trinajstić information content (AvgIpc) is 2.88. The van der Waals surface area contributed by atoms with E-state index in [1.807, 2.05) is 24.3 Å². The molecule has 0 aliphatic heterocycles. The van der Waals surface area contributed by atoms with Crippen LogP contribution in [0.4, 0.5) is 5.82 Å². The second kappa shape index (κ2) is 5.94. The van der Waals surface area contributed by atoms with Crippen LogP contribution in [0.5, 0.6) is 0 Å². The number of hydrogen-bond donors (Lipinski definition) is 1. The molecule has 1 aromatic carbocycles. The van der Waals surface area contributed by atoms with Gasteiger partial charge in [-0.2, -0.15) is 4.57 Å². The monoisotopic (exact) mass is 271 g/mol. The average molecular weight is 271 g/mol. The number of nitro groups is 1. The molecule has 0 radical (unpaired) electrons. The summed E-state index contributed by atoms with van der Waals surface area (Å²) in [5, 5.41) is 19.7. The fraction of sp³-hybridized carbons (Fsp3) is 0.0714. The number of hydrogen-bond acceptors (Lipinski definition) is 4. The van der Waals surface area contributed by atoms with Crippen molar-refractivity contribution >= 4 is 24.2 Å². The molecule has 0 atom stereocenters. The van der Waals surface area contributed by atoms with Gasteiger partial charge in [-0.15, -0.1) is 0 Å². The highest BCUT2D eigenvalue weighted by atomic mass is 16.6. The molecule has 102 valence electrons. The van der Waals surface area contributed by atoms with Crippen molar-refractivity contribution in [3.8, 4) is 0 Å². The van der Waals surface area contributed by atoms with Gasteiger partial charge in [-0.05, 0) is 22.1 Å². The van der Waals surface area contributed by atoms with Crippen molar-refractivity contribution in [1.29, 1.82) is 0 Å². The third-order valence-electron chi connectivity index (χ3n) is 2.76. The van der Waals surface area contributed by atoms with Crippen LogP contribution in [0, 0.1) is 10.1 Å². The summed E-state index contributed by atoms with van der Waals surface area (Å²) in [7, 11) is 0. The Morgan fingerprint density at radius 2 is 2.05 bits per heavy atom. The van der Waals surface area contributed by atoms with Crippen molar-refractivity contribution in [3.05, 3.63) is 64.1 Å². The van der Waals surface area contributed by atoms with Gasteiger partial charge in [0.15, 0.2) is 0 Å². The zero-order chi connectivity index (χ0) is 14.5. The van der Waals surface area contributed by atoms with Crippen molar-refractivity contribution in [2.24, 2.45) is 0 Å². The molecule has 0 aliphatic rings. The van der Waals surface area contributed by atoms with Crippen molar-refractivity contribution in [2.75, 3.05) is 0 Å². The molecule has 0 aliphatic carbocycles. The van der Waals surface area contributed by atoms with Gasteiger partial charge in [0, 0.05) is 6.08 Å². The Hall–Kier alpha value is -2.73. The van der Waals surface area contributed by atoms with Crippen LogP contribution in [0.3, 0.4) is 0 Å². The Balaban J connectivity index is 2.26. The predicted octanol–water partition coefficient (Wildman–Crippen LogP) is 2.55. The first-order valence-electron chi connectivity index (χ1n) is 5.87. The lowest BCUT2D eigenvalue weighted by molar-refractivity contribution is -0.390. The van der Waals surface area contributed by atoms with Crippen LogP contribution in [-0.2, 0) is 6.61 Å². The van der Waals surface area contributed by atoms with Gasteiger partial charge in [-0.3, -0.25) is 0 Å². The van der Waals surface area contributed by atoms with E-state index in [1.54, 1.807) is 12.2 Å². The van der Waals surface area contributed by atoms with Gasteiger partial charge in [-0.1, -0.05) is 30.8 Å². The molecule has 0 saturated carbocycles. The Labute approximate surface area is 115 Å². The van der Waals surface area contributed by atoms with Crippen LogP contribution < -0.4 is 0 Å². The van der Waals surface area contributed by atoms with E-state index in [2.05, 4.69) is 11.6 Å². The Morgan fingerprint density at radius 3 is 2.60 bits per heavy atom. The topological polar surface area (TPSA) is 81.2 Å². The fourth-order valence-corrected chi connectivity index (χ4v) is 1.72. The lowest BCUT2D eigenvalue weighted by Crippen LogP contribution is -1.97.